The van der Waals surface area contributed by atoms with Gasteiger partial charge in [-0.25, -0.2) is 0 Å². The Bertz CT molecular complexity index is 761. The summed E-state index contributed by atoms with van der Waals surface area (Å²) in [6, 6.07) is 7.60. The largest absolute Gasteiger partial charge is 0.493 e. The van der Waals surface area contributed by atoms with Crippen LogP contribution in [0.2, 0.25) is 0 Å². The molecule has 0 saturated carbocycles. The molecule has 0 saturated heterocycles. The van der Waals surface area contributed by atoms with Crippen molar-refractivity contribution in [3.8, 4) is 17.2 Å². The minimum absolute atomic E-state index is 0.225. The lowest BCUT2D eigenvalue weighted by Crippen LogP contribution is -2.24. The van der Waals surface area contributed by atoms with E-state index in [-0.39, 0.29) is 5.91 Å². The van der Waals surface area contributed by atoms with Gasteiger partial charge in [-0.2, -0.15) is 0 Å². The Labute approximate surface area is 148 Å². The van der Waals surface area contributed by atoms with Crippen molar-refractivity contribution in [1.29, 1.82) is 0 Å². The molecule has 0 aliphatic heterocycles. The molecule has 0 spiro atoms. The first-order valence-corrected chi connectivity index (χ1v) is 8.06. The topological polar surface area (TPSA) is 56.8 Å². The molecule has 0 heterocycles. The SMILES string of the molecule is COc1ccc(C(=O)NCc2c(C)cc(C)cc2C)c(OC)c1OC. The van der Waals surface area contributed by atoms with Crippen LogP contribution in [0.1, 0.15) is 32.6 Å². The number of aryl methyl sites for hydroxylation is 3. The lowest BCUT2D eigenvalue weighted by molar-refractivity contribution is 0.0947. The summed E-state index contributed by atoms with van der Waals surface area (Å²) in [6.07, 6.45) is 0. The molecular weight excluding hydrogens is 318 g/mol. The molecule has 0 aromatic heterocycles. The molecule has 2 aromatic carbocycles. The van der Waals surface area contributed by atoms with Crippen molar-refractivity contribution in [3.63, 3.8) is 0 Å². The Kier molecular flexibility index (Phi) is 5.91. The highest BCUT2D eigenvalue weighted by Crippen LogP contribution is 2.39. The zero-order chi connectivity index (χ0) is 18.6. The van der Waals surface area contributed by atoms with Crippen molar-refractivity contribution in [3.05, 3.63) is 52.1 Å². The van der Waals surface area contributed by atoms with Crippen molar-refractivity contribution < 1.29 is 19.0 Å². The molecule has 2 aromatic rings. The first-order chi connectivity index (χ1) is 11.9. The van der Waals surface area contributed by atoms with Crippen LogP contribution in [0.5, 0.6) is 17.2 Å². The molecule has 5 heteroatoms. The summed E-state index contributed by atoms with van der Waals surface area (Å²) in [5, 5.41) is 2.96. The van der Waals surface area contributed by atoms with Gasteiger partial charge < -0.3 is 19.5 Å². The van der Waals surface area contributed by atoms with Gasteiger partial charge in [-0.3, -0.25) is 4.79 Å². The number of nitrogens with one attached hydrogen (secondary N) is 1. The van der Waals surface area contributed by atoms with E-state index in [2.05, 4.69) is 38.2 Å². The van der Waals surface area contributed by atoms with Crippen LogP contribution in [-0.2, 0) is 6.54 Å². The number of methoxy groups -OCH3 is 3. The lowest BCUT2D eigenvalue weighted by Gasteiger charge is -2.16. The van der Waals surface area contributed by atoms with Gasteiger partial charge in [-0.1, -0.05) is 17.7 Å². The Morgan fingerprint density at radius 1 is 0.920 bits per heavy atom. The Balaban J connectivity index is 2.27. The summed E-state index contributed by atoms with van der Waals surface area (Å²) in [7, 11) is 4.56. The fraction of sp³-hybridized carbons (Fsp3) is 0.350. The van der Waals surface area contributed by atoms with E-state index in [1.807, 2.05) is 0 Å². The summed E-state index contributed by atoms with van der Waals surface area (Å²) in [6.45, 7) is 6.63. The first-order valence-electron chi connectivity index (χ1n) is 8.06. The van der Waals surface area contributed by atoms with E-state index in [0.29, 0.717) is 29.4 Å². The molecule has 0 fully saturated rings. The number of rotatable bonds is 6. The van der Waals surface area contributed by atoms with Crippen LogP contribution >= 0.6 is 0 Å². The van der Waals surface area contributed by atoms with Crippen molar-refractivity contribution in [2.75, 3.05) is 21.3 Å². The predicted molar refractivity (Wildman–Crippen MR) is 97.9 cm³/mol. The molecule has 0 aliphatic rings. The smallest absolute Gasteiger partial charge is 0.255 e. The van der Waals surface area contributed by atoms with Crippen LogP contribution in [-0.4, -0.2) is 27.2 Å². The van der Waals surface area contributed by atoms with Crippen LogP contribution in [0.4, 0.5) is 0 Å². The third-order valence-electron chi connectivity index (χ3n) is 4.21. The van der Waals surface area contributed by atoms with Crippen molar-refractivity contribution in [2.45, 2.75) is 27.3 Å². The van der Waals surface area contributed by atoms with Crippen LogP contribution in [0.3, 0.4) is 0 Å². The molecule has 134 valence electrons. The van der Waals surface area contributed by atoms with Gasteiger partial charge in [0.2, 0.25) is 5.75 Å². The average molecular weight is 343 g/mol. The highest BCUT2D eigenvalue weighted by Gasteiger charge is 2.20. The second-order valence-electron chi connectivity index (χ2n) is 5.94. The summed E-state index contributed by atoms with van der Waals surface area (Å²) < 4.78 is 16.0. The molecule has 1 N–H and O–H groups in total. The zero-order valence-electron chi connectivity index (χ0n) is 15.6. The van der Waals surface area contributed by atoms with Gasteiger partial charge in [0.25, 0.3) is 5.91 Å². The summed E-state index contributed by atoms with van der Waals surface area (Å²) in [5.41, 5.74) is 5.07. The van der Waals surface area contributed by atoms with E-state index >= 15 is 0 Å². The number of hydrogen-bond acceptors (Lipinski definition) is 4. The second kappa shape index (κ2) is 7.92. The van der Waals surface area contributed by atoms with Gasteiger partial charge in [-0.15, -0.1) is 0 Å². The number of carbonyl (C=O) groups excluding carboxylic acids is 1. The lowest BCUT2D eigenvalue weighted by atomic mass is 10.00. The Morgan fingerprint density at radius 2 is 1.52 bits per heavy atom. The average Bonchev–Trinajstić information content (AvgIpc) is 2.58. The molecule has 25 heavy (non-hydrogen) atoms. The highest BCUT2D eigenvalue weighted by atomic mass is 16.5. The molecule has 5 nitrogen and oxygen atoms in total. The van der Waals surface area contributed by atoms with Crippen LogP contribution < -0.4 is 19.5 Å². The molecule has 0 atom stereocenters. The van der Waals surface area contributed by atoms with E-state index in [0.717, 1.165) is 16.7 Å². The Morgan fingerprint density at radius 3 is 2.04 bits per heavy atom. The molecule has 0 radical (unpaired) electrons. The number of hydrogen-bond donors (Lipinski definition) is 1. The van der Waals surface area contributed by atoms with Gasteiger partial charge in [0.1, 0.15) is 0 Å². The van der Waals surface area contributed by atoms with Crippen molar-refractivity contribution in [2.24, 2.45) is 0 Å². The normalized spacial score (nSPS) is 10.3. The first kappa shape index (κ1) is 18.6. The van der Waals surface area contributed by atoms with Gasteiger partial charge in [0.15, 0.2) is 11.5 Å². The third-order valence-corrected chi connectivity index (χ3v) is 4.21. The minimum atomic E-state index is -0.225. The van der Waals surface area contributed by atoms with E-state index < -0.39 is 0 Å². The zero-order valence-corrected chi connectivity index (χ0v) is 15.6. The van der Waals surface area contributed by atoms with E-state index in [4.69, 9.17) is 14.2 Å². The summed E-state index contributed by atoms with van der Waals surface area (Å²) in [5.74, 6) is 1.05. The maximum absolute atomic E-state index is 12.7. The van der Waals surface area contributed by atoms with Gasteiger partial charge in [-0.05, 0) is 49.6 Å². The maximum Gasteiger partial charge on any atom is 0.255 e. The van der Waals surface area contributed by atoms with Crippen LogP contribution in [0.25, 0.3) is 0 Å². The minimum Gasteiger partial charge on any atom is -0.493 e. The molecule has 0 bridgehead atoms. The molecule has 0 aliphatic carbocycles. The van der Waals surface area contributed by atoms with Crippen LogP contribution in [0.15, 0.2) is 24.3 Å². The number of amides is 1. The van der Waals surface area contributed by atoms with E-state index in [1.54, 1.807) is 19.2 Å². The molecular formula is C20H25NO4. The molecule has 0 unspecified atom stereocenters. The number of ether oxygens (including phenoxy) is 3. The standard InChI is InChI=1S/C20H25NO4/c1-12-9-13(2)16(14(3)10-12)11-21-20(22)15-7-8-17(23-4)19(25-6)18(15)24-5/h7-10H,11H2,1-6H3,(H,21,22). The highest BCUT2D eigenvalue weighted by molar-refractivity contribution is 5.98. The van der Waals surface area contributed by atoms with Crippen molar-refractivity contribution in [1.82, 2.24) is 5.32 Å². The van der Waals surface area contributed by atoms with Crippen LogP contribution in [0, 0.1) is 20.8 Å². The summed E-state index contributed by atoms with van der Waals surface area (Å²) >= 11 is 0. The van der Waals surface area contributed by atoms with Gasteiger partial charge >= 0.3 is 0 Å². The van der Waals surface area contributed by atoms with Gasteiger partial charge in [0, 0.05) is 6.54 Å². The van der Waals surface area contributed by atoms with Crippen molar-refractivity contribution >= 4 is 5.91 Å². The quantitative estimate of drug-likeness (QED) is 0.871. The Hall–Kier alpha value is -2.69. The summed E-state index contributed by atoms with van der Waals surface area (Å²) in [4.78, 5) is 12.7. The second-order valence-corrected chi connectivity index (χ2v) is 5.94. The fourth-order valence-corrected chi connectivity index (χ4v) is 3.03. The monoisotopic (exact) mass is 343 g/mol. The number of benzene rings is 2. The van der Waals surface area contributed by atoms with E-state index in [9.17, 15) is 4.79 Å². The molecule has 1 amide bonds. The predicted octanol–water partition coefficient (Wildman–Crippen LogP) is 3.57. The number of carbonyl (C=O) groups is 1. The third kappa shape index (κ3) is 3.87. The molecule has 2 rings (SSSR count). The van der Waals surface area contributed by atoms with Gasteiger partial charge in [0.05, 0.1) is 26.9 Å². The maximum atomic E-state index is 12.7. The van der Waals surface area contributed by atoms with E-state index in [1.165, 1.54) is 19.8 Å². The fourth-order valence-electron chi connectivity index (χ4n) is 3.03.